The molecule has 1 N–H and O–H groups in total. The molecule has 0 bridgehead atoms. The number of nitrogens with zero attached hydrogens (tertiary/aromatic N) is 1. The average molecular weight is 198 g/mol. The van der Waals surface area contributed by atoms with Gasteiger partial charge in [0.15, 0.2) is 0 Å². The van der Waals surface area contributed by atoms with Crippen molar-refractivity contribution in [3.63, 3.8) is 0 Å². The number of hydrogen-bond acceptors (Lipinski definition) is 2. The Morgan fingerprint density at radius 3 is 2.64 bits per heavy atom. The first-order chi connectivity index (χ1) is 6.41. The molecule has 1 atom stereocenters. The third-order valence-electron chi connectivity index (χ3n) is 2.99. The molecule has 0 aromatic heterocycles. The minimum Gasteiger partial charge on any atom is -0.310 e. The fourth-order valence-electron chi connectivity index (χ4n) is 2.23. The molecule has 0 aromatic rings. The predicted octanol–water partition coefficient (Wildman–Crippen LogP) is 2.10. The number of rotatable bonds is 2. The Hall–Kier alpha value is -0.0800. The van der Waals surface area contributed by atoms with Gasteiger partial charge < -0.3 is 5.32 Å². The molecule has 1 heterocycles. The molecule has 0 aliphatic carbocycles. The molecular formula is C12H26N2. The lowest BCUT2D eigenvalue weighted by Gasteiger charge is -2.34. The average Bonchev–Trinajstić information content (AvgIpc) is 2.10. The molecule has 1 aliphatic heterocycles. The minimum absolute atomic E-state index is 0.277. The van der Waals surface area contributed by atoms with Gasteiger partial charge in [-0.1, -0.05) is 13.8 Å². The van der Waals surface area contributed by atoms with Crippen LogP contribution < -0.4 is 5.32 Å². The summed E-state index contributed by atoms with van der Waals surface area (Å²) in [7, 11) is 0. The van der Waals surface area contributed by atoms with E-state index < -0.39 is 0 Å². The lowest BCUT2D eigenvalue weighted by molar-refractivity contribution is 0.162. The van der Waals surface area contributed by atoms with Crippen LogP contribution in [0.5, 0.6) is 0 Å². The Morgan fingerprint density at radius 2 is 2.07 bits per heavy atom. The first kappa shape index (κ1) is 12.0. The van der Waals surface area contributed by atoms with Crippen LogP contribution in [0, 0.1) is 5.92 Å². The fourth-order valence-corrected chi connectivity index (χ4v) is 2.23. The second-order valence-corrected chi connectivity index (χ2v) is 5.77. The summed E-state index contributed by atoms with van der Waals surface area (Å²) in [5, 5.41) is 3.61. The van der Waals surface area contributed by atoms with Gasteiger partial charge in [-0.05, 0) is 39.7 Å². The fraction of sp³-hybridized carbons (Fsp3) is 1.00. The summed E-state index contributed by atoms with van der Waals surface area (Å²) in [4.78, 5) is 2.63. The molecule has 1 fully saturated rings. The maximum absolute atomic E-state index is 3.61. The largest absolute Gasteiger partial charge is 0.310 e. The molecule has 1 saturated heterocycles. The van der Waals surface area contributed by atoms with Gasteiger partial charge in [0.2, 0.25) is 0 Å². The SMILES string of the molecule is CC(C)CN1CC(C)(C)NCCC1C. The Bertz CT molecular complexity index is 175. The Labute approximate surface area is 89.1 Å². The van der Waals surface area contributed by atoms with Gasteiger partial charge in [0, 0.05) is 24.7 Å². The second kappa shape index (κ2) is 4.63. The van der Waals surface area contributed by atoms with Crippen LogP contribution in [0.2, 0.25) is 0 Å². The van der Waals surface area contributed by atoms with E-state index in [0.717, 1.165) is 18.5 Å². The van der Waals surface area contributed by atoms with E-state index in [0.29, 0.717) is 0 Å². The van der Waals surface area contributed by atoms with E-state index >= 15 is 0 Å². The highest BCUT2D eigenvalue weighted by Crippen LogP contribution is 2.16. The summed E-state index contributed by atoms with van der Waals surface area (Å²) < 4.78 is 0. The van der Waals surface area contributed by atoms with Gasteiger partial charge >= 0.3 is 0 Å². The van der Waals surface area contributed by atoms with Crippen molar-refractivity contribution < 1.29 is 0 Å². The quantitative estimate of drug-likeness (QED) is 0.731. The number of nitrogens with one attached hydrogen (secondary N) is 1. The van der Waals surface area contributed by atoms with Gasteiger partial charge in [0.25, 0.3) is 0 Å². The van der Waals surface area contributed by atoms with Crippen LogP contribution >= 0.6 is 0 Å². The normalized spacial score (nSPS) is 29.1. The van der Waals surface area contributed by atoms with E-state index in [9.17, 15) is 0 Å². The van der Waals surface area contributed by atoms with E-state index in [1.807, 2.05) is 0 Å². The van der Waals surface area contributed by atoms with Crippen LogP contribution in [-0.2, 0) is 0 Å². The van der Waals surface area contributed by atoms with Gasteiger partial charge in [-0.3, -0.25) is 4.90 Å². The van der Waals surface area contributed by atoms with Crippen LogP contribution in [0.25, 0.3) is 0 Å². The van der Waals surface area contributed by atoms with Crippen LogP contribution in [0.1, 0.15) is 41.0 Å². The highest BCUT2D eigenvalue weighted by atomic mass is 15.2. The first-order valence-corrected chi connectivity index (χ1v) is 5.90. The van der Waals surface area contributed by atoms with Crippen LogP contribution in [0.15, 0.2) is 0 Å². The molecular weight excluding hydrogens is 172 g/mol. The zero-order valence-corrected chi connectivity index (χ0v) is 10.4. The molecule has 84 valence electrons. The van der Waals surface area contributed by atoms with Crippen molar-refractivity contribution >= 4 is 0 Å². The monoisotopic (exact) mass is 198 g/mol. The van der Waals surface area contributed by atoms with Crippen molar-refractivity contribution in [2.75, 3.05) is 19.6 Å². The Morgan fingerprint density at radius 1 is 1.43 bits per heavy atom. The van der Waals surface area contributed by atoms with Crippen molar-refractivity contribution in [1.82, 2.24) is 10.2 Å². The summed E-state index contributed by atoms with van der Waals surface area (Å²) in [5.74, 6) is 0.770. The van der Waals surface area contributed by atoms with Crippen LogP contribution in [0.3, 0.4) is 0 Å². The van der Waals surface area contributed by atoms with Gasteiger partial charge in [0.1, 0.15) is 0 Å². The maximum atomic E-state index is 3.61. The summed E-state index contributed by atoms with van der Waals surface area (Å²) in [6.45, 7) is 15.1. The highest BCUT2D eigenvalue weighted by molar-refractivity contribution is 4.87. The maximum Gasteiger partial charge on any atom is 0.0252 e. The van der Waals surface area contributed by atoms with Gasteiger partial charge in [-0.25, -0.2) is 0 Å². The Kier molecular flexibility index (Phi) is 3.96. The van der Waals surface area contributed by atoms with Crippen LogP contribution in [-0.4, -0.2) is 36.1 Å². The smallest absolute Gasteiger partial charge is 0.0252 e. The van der Waals surface area contributed by atoms with Crippen molar-refractivity contribution in [3.8, 4) is 0 Å². The molecule has 14 heavy (non-hydrogen) atoms. The third-order valence-corrected chi connectivity index (χ3v) is 2.99. The minimum atomic E-state index is 0.277. The lowest BCUT2D eigenvalue weighted by Crippen LogP contribution is -2.48. The summed E-state index contributed by atoms with van der Waals surface area (Å²) in [6.07, 6.45) is 1.27. The van der Waals surface area contributed by atoms with Gasteiger partial charge in [0.05, 0.1) is 0 Å². The molecule has 1 aliphatic rings. The molecule has 1 rings (SSSR count). The lowest BCUT2D eigenvalue weighted by atomic mass is 10.0. The predicted molar refractivity (Wildman–Crippen MR) is 62.6 cm³/mol. The van der Waals surface area contributed by atoms with Crippen molar-refractivity contribution in [2.24, 2.45) is 5.92 Å². The summed E-state index contributed by atoms with van der Waals surface area (Å²) >= 11 is 0. The second-order valence-electron chi connectivity index (χ2n) is 5.77. The molecule has 0 radical (unpaired) electrons. The zero-order chi connectivity index (χ0) is 10.8. The van der Waals surface area contributed by atoms with Crippen LogP contribution in [0.4, 0.5) is 0 Å². The van der Waals surface area contributed by atoms with E-state index in [2.05, 4.69) is 44.8 Å². The zero-order valence-electron chi connectivity index (χ0n) is 10.4. The van der Waals surface area contributed by atoms with Gasteiger partial charge in [-0.2, -0.15) is 0 Å². The van der Waals surface area contributed by atoms with E-state index in [1.54, 1.807) is 0 Å². The standard InChI is InChI=1S/C12H26N2/c1-10(2)8-14-9-12(4,5)13-7-6-11(14)3/h10-11,13H,6-9H2,1-5H3. The molecule has 0 spiro atoms. The third kappa shape index (κ3) is 3.58. The Balaban J connectivity index is 2.59. The van der Waals surface area contributed by atoms with E-state index in [4.69, 9.17) is 0 Å². The van der Waals surface area contributed by atoms with Crippen molar-refractivity contribution in [3.05, 3.63) is 0 Å². The molecule has 2 nitrogen and oxygen atoms in total. The van der Waals surface area contributed by atoms with E-state index in [-0.39, 0.29) is 5.54 Å². The van der Waals surface area contributed by atoms with Crippen molar-refractivity contribution in [2.45, 2.75) is 52.6 Å². The number of hydrogen-bond donors (Lipinski definition) is 1. The molecule has 2 heteroatoms. The molecule has 0 amide bonds. The summed E-state index contributed by atoms with van der Waals surface area (Å²) in [5.41, 5.74) is 0.277. The first-order valence-electron chi connectivity index (χ1n) is 5.90. The summed E-state index contributed by atoms with van der Waals surface area (Å²) in [6, 6.07) is 0.728. The molecule has 0 aromatic carbocycles. The molecule has 1 unspecified atom stereocenters. The van der Waals surface area contributed by atoms with Crippen molar-refractivity contribution in [1.29, 1.82) is 0 Å². The molecule has 0 saturated carbocycles. The topological polar surface area (TPSA) is 15.3 Å². The van der Waals surface area contributed by atoms with Gasteiger partial charge in [-0.15, -0.1) is 0 Å². The van der Waals surface area contributed by atoms with E-state index in [1.165, 1.54) is 19.5 Å². The highest BCUT2D eigenvalue weighted by Gasteiger charge is 2.27.